The van der Waals surface area contributed by atoms with Gasteiger partial charge in [0.05, 0.1) is 25.1 Å². The van der Waals surface area contributed by atoms with Crippen LogP contribution >= 0.6 is 0 Å². The monoisotopic (exact) mass is 350 g/mol. The van der Waals surface area contributed by atoms with Crippen LogP contribution in [-0.4, -0.2) is 32.8 Å². The fourth-order valence-electron chi connectivity index (χ4n) is 3.06. The van der Waals surface area contributed by atoms with Gasteiger partial charge in [0.1, 0.15) is 5.76 Å². The molecule has 1 fully saturated rings. The van der Waals surface area contributed by atoms with Crippen LogP contribution in [0.15, 0.2) is 65.8 Å². The lowest BCUT2D eigenvalue weighted by molar-refractivity contribution is -0.128. The van der Waals surface area contributed by atoms with Gasteiger partial charge >= 0.3 is 0 Å². The Morgan fingerprint density at radius 3 is 2.81 bits per heavy atom. The van der Waals surface area contributed by atoms with Crippen molar-refractivity contribution in [2.75, 3.05) is 11.9 Å². The molecule has 1 atom stereocenters. The third-order valence-electron chi connectivity index (χ3n) is 4.45. The minimum atomic E-state index is -0.356. The first-order chi connectivity index (χ1) is 12.7. The lowest BCUT2D eigenvalue weighted by Gasteiger charge is -2.15. The fourth-order valence-corrected chi connectivity index (χ4v) is 3.06. The lowest BCUT2D eigenvalue weighted by Crippen LogP contribution is -2.27. The number of amides is 2. The van der Waals surface area contributed by atoms with Crippen LogP contribution in [0.3, 0.4) is 0 Å². The average Bonchev–Trinajstić information content (AvgIpc) is 3.39. The molecule has 0 radical (unpaired) electrons. The average molecular weight is 350 g/mol. The number of nitrogens with one attached hydrogen (secondary N) is 1. The van der Waals surface area contributed by atoms with Crippen molar-refractivity contribution >= 4 is 17.5 Å². The summed E-state index contributed by atoms with van der Waals surface area (Å²) < 4.78 is 7.16. The molecular formula is C19H18N4O3. The zero-order chi connectivity index (χ0) is 17.9. The maximum absolute atomic E-state index is 12.5. The topological polar surface area (TPSA) is 80.4 Å². The Kier molecular flexibility index (Phi) is 4.27. The number of anilines is 1. The van der Waals surface area contributed by atoms with Crippen molar-refractivity contribution in [2.24, 2.45) is 5.92 Å². The molecule has 0 spiro atoms. The minimum Gasteiger partial charge on any atom is -0.467 e. The van der Waals surface area contributed by atoms with E-state index >= 15 is 0 Å². The highest BCUT2D eigenvalue weighted by Crippen LogP contribution is 2.22. The Morgan fingerprint density at radius 2 is 2.12 bits per heavy atom. The van der Waals surface area contributed by atoms with Crippen LogP contribution in [0.5, 0.6) is 0 Å². The van der Waals surface area contributed by atoms with Gasteiger partial charge in [-0.3, -0.25) is 9.59 Å². The second kappa shape index (κ2) is 6.87. The quantitative estimate of drug-likeness (QED) is 0.766. The standard InChI is InChI=1S/C19H18N4O3/c24-18-10-14(11-23(18)12-17-2-1-9-26-17)19(25)21-15-3-5-16(6-4-15)22-8-7-20-13-22/h1-9,13-14H,10-12H2,(H,21,25). The van der Waals surface area contributed by atoms with Crippen LogP contribution < -0.4 is 5.32 Å². The summed E-state index contributed by atoms with van der Waals surface area (Å²) in [5, 5.41) is 2.89. The van der Waals surface area contributed by atoms with E-state index in [2.05, 4.69) is 10.3 Å². The van der Waals surface area contributed by atoms with E-state index in [9.17, 15) is 9.59 Å². The summed E-state index contributed by atoms with van der Waals surface area (Å²) in [6.07, 6.45) is 7.07. The molecule has 1 unspecified atom stereocenters. The van der Waals surface area contributed by atoms with Gasteiger partial charge in [-0.2, -0.15) is 0 Å². The number of aromatic nitrogens is 2. The molecule has 1 N–H and O–H groups in total. The van der Waals surface area contributed by atoms with Crippen LogP contribution in [0.2, 0.25) is 0 Å². The van der Waals surface area contributed by atoms with Crippen LogP contribution in [-0.2, 0) is 16.1 Å². The molecule has 0 bridgehead atoms. The molecule has 132 valence electrons. The predicted octanol–water partition coefficient (Wildman–Crippen LogP) is 2.45. The van der Waals surface area contributed by atoms with Gasteiger partial charge in [-0.25, -0.2) is 4.98 Å². The molecule has 2 amide bonds. The molecule has 1 aromatic carbocycles. The highest BCUT2D eigenvalue weighted by molar-refractivity contribution is 5.97. The largest absolute Gasteiger partial charge is 0.467 e. The molecule has 4 rings (SSSR count). The predicted molar refractivity (Wildman–Crippen MR) is 94.4 cm³/mol. The second-order valence-corrected chi connectivity index (χ2v) is 6.26. The molecule has 1 saturated heterocycles. The number of benzene rings is 1. The highest BCUT2D eigenvalue weighted by Gasteiger charge is 2.34. The summed E-state index contributed by atoms with van der Waals surface area (Å²) in [4.78, 5) is 30.3. The fraction of sp³-hybridized carbons (Fsp3) is 0.211. The molecule has 26 heavy (non-hydrogen) atoms. The number of hydrogen-bond acceptors (Lipinski definition) is 4. The van der Waals surface area contributed by atoms with Gasteiger partial charge in [0.25, 0.3) is 0 Å². The summed E-state index contributed by atoms with van der Waals surface area (Å²) in [5.41, 5.74) is 1.66. The minimum absolute atomic E-state index is 0.0306. The van der Waals surface area contributed by atoms with Crippen molar-refractivity contribution in [2.45, 2.75) is 13.0 Å². The van der Waals surface area contributed by atoms with Gasteiger partial charge < -0.3 is 19.2 Å². The van der Waals surface area contributed by atoms with Gasteiger partial charge in [0, 0.05) is 36.7 Å². The third kappa shape index (κ3) is 3.37. The zero-order valence-electron chi connectivity index (χ0n) is 14.0. The van der Waals surface area contributed by atoms with E-state index in [0.29, 0.717) is 18.8 Å². The number of furan rings is 1. The molecule has 7 heteroatoms. The molecule has 2 aromatic heterocycles. The molecule has 1 aliphatic rings. The molecule has 0 saturated carbocycles. The van der Waals surface area contributed by atoms with Crippen molar-refractivity contribution in [1.29, 1.82) is 0 Å². The van der Waals surface area contributed by atoms with E-state index in [0.717, 1.165) is 11.4 Å². The number of likely N-dealkylation sites (tertiary alicyclic amines) is 1. The maximum atomic E-state index is 12.5. The van der Waals surface area contributed by atoms with Crippen molar-refractivity contribution in [3.63, 3.8) is 0 Å². The van der Waals surface area contributed by atoms with Gasteiger partial charge in [0.15, 0.2) is 0 Å². The number of carbonyl (C=O) groups excluding carboxylic acids is 2. The number of carbonyl (C=O) groups is 2. The molecular weight excluding hydrogens is 332 g/mol. The van der Waals surface area contributed by atoms with E-state index in [1.165, 1.54) is 0 Å². The Balaban J connectivity index is 1.37. The van der Waals surface area contributed by atoms with E-state index in [-0.39, 0.29) is 24.2 Å². The summed E-state index contributed by atoms with van der Waals surface area (Å²) >= 11 is 0. The van der Waals surface area contributed by atoms with E-state index in [1.807, 2.05) is 41.1 Å². The van der Waals surface area contributed by atoms with Crippen LogP contribution in [0.4, 0.5) is 5.69 Å². The van der Waals surface area contributed by atoms with Gasteiger partial charge in [0.2, 0.25) is 11.8 Å². The zero-order valence-corrected chi connectivity index (χ0v) is 14.0. The summed E-state index contributed by atoms with van der Waals surface area (Å²) in [5.74, 6) is 0.188. The second-order valence-electron chi connectivity index (χ2n) is 6.26. The number of imidazole rings is 1. The van der Waals surface area contributed by atoms with Gasteiger partial charge in [-0.15, -0.1) is 0 Å². The third-order valence-corrected chi connectivity index (χ3v) is 4.45. The normalized spacial score (nSPS) is 16.8. The Bertz CT molecular complexity index is 886. The van der Waals surface area contributed by atoms with Crippen molar-refractivity contribution in [1.82, 2.24) is 14.5 Å². The first-order valence-corrected chi connectivity index (χ1v) is 8.38. The number of rotatable bonds is 5. The molecule has 1 aliphatic heterocycles. The first kappa shape index (κ1) is 16.1. The van der Waals surface area contributed by atoms with Gasteiger partial charge in [-0.05, 0) is 36.4 Å². The summed E-state index contributed by atoms with van der Waals surface area (Å²) in [6.45, 7) is 0.799. The Hall–Kier alpha value is -3.35. The molecule has 7 nitrogen and oxygen atoms in total. The molecule has 3 heterocycles. The Labute approximate surface area is 150 Å². The van der Waals surface area contributed by atoms with E-state index < -0.39 is 0 Å². The van der Waals surface area contributed by atoms with Gasteiger partial charge in [-0.1, -0.05) is 0 Å². The maximum Gasteiger partial charge on any atom is 0.229 e. The van der Waals surface area contributed by atoms with E-state index in [1.54, 1.807) is 29.8 Å². The van der Waals surface area contributed by atoms with Crippen molar-refractivity contribution < 1.29 is 14.0 Å². The van der Waals surface area contributed by atoms with Crippen molar-refractivity contribution in [3.05, 3.63) is 67.1 Å². The van der Waals surface area contributed by atoms with Crippen molar-refractivity contribution in [3.8, 4) is 5.69 Å². The smallest absolute Gasteiger partial charge is 0.229 e. The SMILES string of the molecule is O=C(Nc1ccc(-n2ccnc2)cc1)C1CC(=O)N(Cc2ccco2)C1. The number of nitrogens with zero attached hydrogens (tertiary/aromatic N) is 3. The van der Waals surface area contributed by atoms with Crippen LogP contribution in [0.25, 0.3) is 5.69 Å². The summed E-state index contributed by atoms with van der Waals surface area (Å²) in [7, 11) is 0. The van der Waals surface area contributed by atoms with Crippen LogP contribution in [0, 0.1) is 5.92 Å². The first-order valence-electron chi connectivity index (χ1n) is 8.38. The lowest BCUT2D eigenvalue weighted by atomic mass is 10.1. The van der Waals surface area contributed by atoms with E-state index in [4.69, 9.17) is 4.42 Å². The number of hydrogen-bond donors (Lipinski definition) is 1. The highest BCUT2D eigenvalue weighted by atomic mass is 16.3. The molecule has 3 aromatic rings. The molecule has 0 aliphatic carbocycles. The van der Waals surface area contributed by atoms with Crippen LogP contribution in [0.1, 0.15) is 12.2 Å². The summed E-state index contributed by atoms with van der Waals surface area (Å²) in [6, 6.07) is 11.1. The Morgan fingerprint density at radius 1 is 1.27 bits per heavy atom.